The number of amides is 2. The van der Waals surface area contributed by atoms with E-state index in [1.807, 2.05) is 0 Å². The van der Waals surface area contributed by atoms with Crippen molar-refractivity contribution in [1.82, 2.24) is 5.32 Å². The van der Waals surface area contributed by atoms with Gasteiger partial charge in [0, 0.05) is 12.1 Å². The van der Waals surface area contributed by atoms with Crippen LogP contribution in [-0.4, -0.2) is 30.4 Å². The number of carbonyl (C=O) groups excluding carboxylic acids is 3. The van der Waals surface area contributed by atoms with Crippen molar-refractivity contribution in [1.29, 1.82) is 0 Å². The quantitative estimate of drug-likeness (QED) is 0.790. The lowest BCUT2D eigenvalue weighted by Gasteiger charge is -2.10. The van der Waals surface area contributed by atoms with E-state index in [2.05, 4.69) is 10.6 Å². The second-order valence-electron chi connectivity index (χ2n) is 4.33. The third kappa shape index (κ3) is 3.78. The van der Waals surface area contributed by atoms with Gasteiger partial charge in [0.25, 0.3) is 5.91 Å². The van der Waals surface area contributed by atoms with E-state index >= 15 is 0 Å². The van der Waals surface area contributed by atoms with E-state index in [4.69, 9.17) is 4.74 Å². The summed E-state index contributed by atoms with van der Waals surface area (Å²) in [4.78, 5) is 34.0. The Labute approximate surface area is 114 Å². The minimum atomic E-state index is -0.690. The van der Waals surface area contributed by atoms with Crippen LogP contribution in [0.25, 0.3) is 0 Å². The van der Waals surface area contributed by atoms with Crippen molar-refractivity contribution in [3.8, 4) is 0 Å². The molecule has 106 valence electrons. The summed E-state index contributed by atoms with van der Waals surface area (Å²) in [6.45, 7) is -0.484. The molecule has 0 aliphatic carbocycles. The summed E-state index contributed by atoms with van der Waals surface area (Å²) < 4.78 is 17.7. The molecule has 1 fully saturated rings. The smallest absolute Gasteiger partial charge is 0.329 e. The average molecular weight is 280 g/mol. The summed E-state index contributed by atoms with van der Waals surface area (Å²) in [5.41, 5.74) is 0.278. The highest BCUT2D eigenvalue weighted by Gasteiger charge is 2.28. The maximum absolute atomic E-state index is 12.9. The molecule has 2 amide bonds. The van der Waals surface area contributed by atoms with Gasteiger partial charge in [-0.1, -0.05) is 6.07 Å². The zero-order valence-corrected chi connectivity index (χ0v) is 10.5. The number of ether oxygens (including phenoxy) is 1. The van der Waals surface area contributed by atoms with Crippen LogP contribution >= 0.6 is 0 Å². The molecule has 0 saturated carbocycles. The van der Waals surface area contributed by atoms with Crippen LogP contribution in [0.4, 0.5) is 10.1 Å². The summed E-state index contributed by atoms with van der Waals surface area (Å²) in [5, 5.41) is 4.83. The van der Waals surface area contributed by atoms with E-state index in [-0.39, 0.29) is 18.0 Å². The Kier molecular flexibility index (Phi) is 4.29. The number of hydrogen-bond acceptors (Lipinski definition) is 4. The molecular weight excluding hydrogens is 267 g/mol. The van der Waals surface area contributed by atoms with Crippen molar-refractivity contribution in [3.05, 3.63) is 30.1 Å². The Bertz CT molecular complexity index is 547. The summed E-state index contributed by atoms with van der Waals surface area (Å²) in [7, 11) is 0. The molecular formula is C13H13FN2O4. The largest absolute Gasteiger partial charge is 0.454 e. The predicted octanol–water partition coefficient (Wildman–Crippen LogP) is 0.586. The fourth-order valence-corrected chi connectivity index (χ4v) is 1.79. The first kappa shape index (κ1) is 14.0. The highest BCUT2D eigenvalue weighted by Crippen LogP contribution is 2.10. The number of carbonyl (C=O) groups is 3. The van der Waals surface area contributed by atoms with E-state index in [9.17, 15) is 18.8 Å². The topological polar surface area (TPSA) is 84.5 Å². The van der Waals surface area contributed by atoms with Crippen molar-refractivity contribution >= 4 is 23.5 Å². The summed E-state index contributed by atoms with van der Waals surface area (Å²) in [6, 6.07) is 4.67. The van der Waals surface area contributed by atoms with Crippen LogP contribution in [0.5, 0.6) is 0 Å². The van der Waals surface area contributed by atoms with Crippen LogP contribution in [0, 0.1) is 5.82 Å². The number of esters is 1. The number of nitrogens with one attached hydrogen (secondary N) is 2. The molecule has 1 saturated heterocycles. The van der Waals surface area contributed by atoms with Crippen LogP contribution in [-0.2, 0) is 19.1 Å². The number of halogens is 1. The van der Waals surface area contributed by atoms with Gasteiger partial charge < -0.3 is 15.4 Å². The zero-order chi connectivity index (χ0) is 14.5. The minimum absolute atomic E-state index is 0.212. The molecule has 2 rings (SSSR count). The van der Waals surface area contributed by atoms with Gasteiger partial charge in [-0.15, -0.1) is 0 Å². The summed E-state index contributed by atoms with van der Waals surface area (Å²) >= 11 is 0. The van der Waals surface area contributed by atoms with Gasteiger partial charge in [0.15, 0.2) is 6.61 Å². The van der Waals surface area contributed by atoms with Gasteiger partial charge in [0.2, 0.25) is 5.91 Å². The number of rotatable bonds is 4. The second-order valence-corrected chi connectivity index (χ2v) is 4.33. The average Bonchev–Trinajstić information content (AvgIpc) is 2.83. The molecule has 0 spiro atoms. The van der Waals surface area contributed by atoms with Gasteiger partial charge >= 0.3 is 5.97 Å². The molecule has 1 aliphatic rings. The molecule has 20 heavy (non-hydrogen) atoms. The number of anilines is 1. The first-order valence-corrected chi connectivity index (χ1v) is 6.06. The van der Waals surface area contributed by atoms with Crippen LogP contribution < -0.4 is 10.6 Å². The van der Waals surface area contributed by atoms with E-state index in [0.717, 1.165) is 6.07 Å². The van der Waals surface area contributed by atoms with Crippen LogP contribution in [0.2, 0.25) is 0 Å². The minimum Gasteiger partial charge on any atom is -0.454 e. The Morgan fingerprint density at radius 2 is 2.25 bits per heavy atom. The monoisotopic (exact) mass is 280 g/mol. The predicted molar refractivity (Wildman–Crippen MR) is 67.2 cm³/mol. The third-order valence-electron chi connectivity index (χ3n) is 2.73. The molecule has 1 aliphatic heterocycles. The summed E-state index contributed by atoms with van der Waals surface area (Å²) in [5.74, 6) is -1.91. The molecule has 1 aromatic carbocycles. The lowest BCUT2D eigenvalue weighted by atomic mass is 10.2. The lowest BCUT2D eigenvalue weighted by molar-refractivity contribution is -0.149. The SMILES string of the molecule is O=C(COC(=O)C1CCC(=O)N1)Nc1cccc(F)c1. The fourth-order valence-electron chi connectivity index (χ4n) is 1.79. The van der Waals surface area contributed by atoms with Gasteiger partial charge in [0.1, 0.15) is 11.9 Å². The van der Waals surface area contributed by atoms with Crippen molar-refractivity contribution < 1.29 is 23.5 Å². The first-order valence-electron chi connectivity index (χ1n) is 6.06. The van der Waals surface area contributed by atoms with Crippen molar-refractivity contribution in [2.45, 2.75) is 18.9 Å². The van der Waals surface area contributed by atoms with Crippen molar-refractivity contribution in [2.24, 2.45) is 0 Å². The maximum atomic E-state index is 12.9. The molecule has 7 heteroatoms. The van der Waals surface area contributed by atoms with Crippen molar-refractivity contribution in [2.75, 3.05) is 11.9 Å². The Hall–Kier alpha value is -2.44. The van der Waals surface area contributed by atoms with Gasteiger partial charge in [-0.05, 0) is 24.6 Å². The highest BCUT2D eigenvalue weighted by molar-refractivity contribution is 5.94. The highest BCUT2D eigenvalue weighted by atomic mass is 19.1. The molecule has 1 atom stereocenters. The normalized spacial score (nSPS) is 17.4. The van der Waals surface area contributed by atoms with E-state index < -0.39 is 30.3 Å². The van der Waals surface area contributed by atoms with E-state index in [0.29, 0.717) is 6.42 Å². The fraction of sp³-hybridized carbons (Fsp3) is 0.308. The number of benzene rings is 1. The first-order chi connectivity index (χ1) is 9.54. The molecule has 0 radical (unpaired) electrons. The van der Waals surface area contributed by atoms with Crippen LogP contribution in [0.1, 0.15) is 12.8 Å². The van der Waals surface area contributed by atoms with Crippen LogP contribution in [0.15, 0.2) is 24.3 Å². The standard InChI is InChI=1S/C13H13FN2O4/c14-8-2-1-3-9(6-8)15-12(18)7-20-13(19)10-4-5-11(17)16-10/h1-3,6,10H,4-5,7H2,(H,15,18)(H,16,17). The zero-order valence-electron chi connectivity index (χ0n) is 10.5. The number of hydrogen-bond donors (Lipinski definition) is 2. The summed E-state index contributed by atoms with van der Waals surface area (Å²) in [6.07, 6.45) is 0.637. The lowest BCUT2D eigenvalue weighted by Crippen LogP contribution is -2.36. The van der Waals surface area contributed by atoms with Gasteiger partial charge in [-0.2, -0.15) is 0 Å². The molecule has 0 aromatic heterocycles. The van der Waals surface area contributed by atoms with Gasteiger partial charge in [-0.25, -0.2) is 9.18 Å². The Morgan fingerprint density at radius 3 is 2.90 bits per heavy atom. The Morgan fingerprint density at radius 1 is 1.45 bits per heavy atom. The second kappa shape index (κ2) is 6.14. The van der Waals surface area contributed by atoms with Crippen molar-refractivity contribution in [3.63, 3.8) is 0 Å². The van der Waals surface area contributed by atoms with Crippen LogP contribution in [0.3, 0.4) is 0 Å². The van der Waals surface area contributed by atoms with Gasteiger partial charge in [0.05, 0.1) is 0 Å². The van der Waals surface area contributed by atoms with Gasteiger partial charge in [-0.3, -0.25) is 9.59 Å². The van der Waals surface area contributed by atoms with E-state index in [1.54, 1.807) is 0 Å². The van der Waals surface area contributed by atoms with E-state index in [1.165, 1.54) is 18.2 Å². The molecule has 2 N–H and O–H groups in total. The Balaban J connectivity index is 1.77. The maximum Gasteiger partial charge on any atom is 0.329 e. The molecule has 1 heterocycles. The molecule has 0 bridgehead atoms. The molecule has 1 aromatic rings. The third-order valence-corrected chi connectivity index (χ3v) is 2.73. The molecule has 1 unspecified atom stereocenters. The molecule has 6 nitrogen and oxygen atoms in total.